The number of aromatic nitrogens is 2. The summed E-state index contributed by atoms with van der Waals surface area (Å²) in [7, 11) is 0. The van der Waals surface area contributed by atoms with Gasteiger partial charge in [0.2, 0.25) is 5.95 Å². The highest BCUT2D eigenvalue weighted by Gasteiger charge is 2.35. The molecule has 1 aromatic carbocycles. The van der Waals surface area contributed by atoms with Crippen LogP contribution in [0.25, 0.3) is 0 Å². The van der Waals surface area contributed by atoms with Crippen molar-refractivity contribution in [2.75, 3.05) is 44.2 Å². The lowest BCUT2D eigenvalue weighted by Crippen LogP contribution is -2.52. The van der Waals surface area contributed by atoms with E-state index >= 15 is 0 Å². The second-order valence-corrected chi connectivity index (χ2v) is 7.80. The van der Waals surface area contributed by atoms with Crippen LogP contribution >= 0.6 is 0 Å². The number of non-ortho nitro benzene ring substituents is 1. The maximum Gasteiger partial charge on any atom is 0.338 e. The zero-order valence-corrected chi connectivity index (χ0v) is 18.6. The number of rotatable bonds is 7. The number of benzene rings is 1. The van der Waals surface area contributed by atoms with E-state index in [1.54, 1.807) is 25.4 Å². The van der Waals surface area contributed by atoms with Gasteiger partial charge in [-0.2, -0.15) is 0 Å². The molecule has 2 aliphatic heterocycles. The first-order valence-corrected chi connectivity index (χ1v) is 10.9. The number of nitro benzene ring substituents is 1. The van der Waals surface area contributed by atoms with Crippen LogP contribution < -0.4 is 15.5 Å². The van der Waals surface area contributed by atoms with E-state index in [1.807, 2.05) is 0 Å². The summed E-state index contributed by atoms with van der Waals surface area (Å²) in [4.78, 5) is 48.7. The van der Waals surface area contributed by atoms with E-state index in [-0.39, 0.29) is 17.9 Å². The van der Waals surface area contributed by atoms with Crippen LogP contribution in [0.4, 0.5) is 16.4 Å². The number of hydrogen-bond acceptors (Lipinski definition) is 9. The molecule has 178 valence electrons. The summed E-state index contributed by atoms with van der Waals surface area (Å²) < 4.78 is 5.28. The Hall–Kier alpha value is -4.06. The number of carbonyl (C=O) groups is 2. The number of nitrogens with one attached hydrogen (secondary N) is 2. The van der Waals surface area contributed by atoms with Crippen molar-refractivity contribution in [3.05, 3.63) is 69.7 Å². The van der Waals surface area contributed by atoms with Crippen molar-refractivity contribution in [3.8, 4) is 0 Å². The summed E-state index contributed by atoms with van der Waals surface area (Å²) in [6, 6.07) is 6.27. The van der Waals surface area contributed by atoms with E-state index in [0.29, 0.717) is 49.9 Å². The second kappa shape index (κ2) is 10.3. The summed E-state index contributed by atoms with van der Waals surface area (Å²) in [5.74, 6) is 0.117. The van der Waals surface area contributed by atoms with Crippen molar-refractivity contribution >= 4 is 23.6 Å². The Balaban J connectivity index is 1.57. The molecular formula is C22H25N7O5. The minimum absolute atomic E-state index is 0.0776. The highest BCUT2D eigenvalue weighted by Crippen LogP contribution is 2.29. The predicted molar refractivity (Wildman–Crippen MR) is 122 cm³/mol. The molecule has 2 amide bonds. The van der Waals surface area contributed by atoms with E-state index in [0.717, 1.165) is 0 Å². The monoisotopic (exact) mass is 467 g/mol. The van der Waals surface area contributed by atoms with Gasteiger partial charge in [-0.3, -0.25) is 15.0 Å². The van der Waals surface area contributed by atoms with Crippen LogP contribution in [0.3, 0.4) is 0 Å². The van der Waals surface area contributed by atoms with Gasteiger partial charge in [0.1, 0.15) is 0 Å². The fourth-order valence-corrected chi connectivity index (χ4v) is 4.02. The molecule has 12 heteroatoms. The van der Waals surface area contributed by atoms with Crippen molar-refractivity contribution in [2.45, 2.75) is 13.0 Å². The largest absolute Gasteiger partial charge is 0.463 e. The smallest absolute Gasteiger partial charge is 0.338 e. The van der Waals surface area contributed by atoms with Gasteiger partial charge in [0, 0.05) is 62.9 Å². The molecule has 2 aliphatic rings. The Morgan fingerprint density at radius 3 is 2.47 bits per heavy atom. The van der Waals surface area contributed by atoms with E-state index in [4.69, 9.17) is 4.74 Å². The fourth-order valence-electron chi connectivity index (χ4n) is 4.02. The zero-order chi connectivity index (χ0) is 24.1. The van der Waals surface area contributed by atoms with Gasteiger partial charge < -0.3 is 20.3 Å². The van der Waals surface area contributed by atoms with Gasteiger partial charge >= 0.3 is 12.0 Å². The zero-order valence-electron chi connectivity index (χ0n) is 18.6. The molecule has 12 nitrogen and oxygen atoms in total. The van der Waals surface area contributed by atoms with E-state index in [9.17, 15) is 19.7 Å². The number of hydrogen-bond donors (Lipinski definition) is 2. The lowest BCUT2D eigenvalue weighted by molar-refractivity contribution is -0.384. The van der Waals surface area contributed by atoms with Crippen molar-refractivity contribution in [1.82, 2.24) is 25.5 Å². The third-order valence-electron chi connectivity index (χ3n) is 5.68. The predicted octanol–water partition coefficient (Wildman–Crippen LogP) is 1.38. The van der Waals surface area contributed by atoms with Crippen LogP contribution in [-0.2, 0) is 9.53 Å². The van der Waals surface area contributed by atoms with Gasteiger partial charge in [-0.25, -0.2) is 19.6 Å². The highest BCUT2D eigenvalue weighted by atomic mass is 16.6. The summed E-state index contributed by atoms with van der Waals surface area (Å²) >= 11 is 0. The molecular weight excluding hydrogens is 442 g/mol. The van der Waals surface area contributed by atoms with Crippen molar-refractivity contribution in [2.24, 2.45) is 0 Å². The SMILES string of the molecule is CCOC(=O)C1=C(CN2CCN(c3ncccn3)CC2)NC(=O)N[C@@H]1c1ccc([N+](=O)[O-])cc1. The molecule has 0 bridgehead atoms. The molecule has 0 aliphatic carbocycles. The molecule has 1 saturated heterocycles. The maximum atomic E-state index is 12.9. The summed E-state index contributed by atoms with van der Waals surface area (Å²) in [6.07, 6.45) is 3.40. The van der Waals surface area contributed by atoms with Crippen LogP contribution in [0.2, 0.25) is 0 Å². The third-order valence-corrected chi connectivity index (χ3v) is 5.68. The number of piperazine rings is 1. The quantitative estimate of drug-likeness (QED) is 0.351. The third kappa shape index (κ3) is 5.12. The Bertz CT molecular complexity index is 1080. The summed E-state index contributed by atoms with van der Waals surface area (Å²) in [5.41, 5.74) is 1.21. The van der Waals surface area contributed by atoms with Gasteiger partial charge in [-0.1, -0.05) is 0 Å². The molecule has 2 aromatic rings. The van der Waals surface area contributed by atoms with Crippen LogP contribution in [-0.4, -0.2) is 71.1 Å². The number of nitrogens with zero attached hydrogens (tertiary/aromatic N) is 5. The van der Waals surface area contributed by atoms with Gasteiger partial charge in [-0.15, -0.1) is 0 Å². The van der Waals surface area contributed by atoms with Gasteiger partial charge in [0.05, 0.1) is 23.1 Å². The van der Waals surface area contributed by atoms with Crippen LogP contribution in [0.5, 0.6) is 0 Å². The maximum absolute atomic E-state index is 12.9. The molecule has 34 heavy (non-hydrogen) atoms. The Kier molecular flexibility index (Phi) is 6.97. The number of ether oxygens (including phenoxy) is 1. The van der Waals surface area contributed by atoms with E-state index in [1.165, 1.54) is 24.3 Å². The molecule has 0 saturated carbocycles. The standard InChI is InChI=1S/C22H25N7O5/c1-2-34-20(30)18-17(14-27-10-12-28(13-11-27)21-23-8-3-9-24-21)25-22(31)26-19(18)15-4-6-16(7-5-15)29(32)33/h3-9,19H,2,10-14H2,1H3,(H2,25,26,31)/t19-/m1/s1. The first-order valence-electron chi connectivity index (χ1n) is 10.9. The van der Waals surface area contributed by atoms with Gasteiger partial charge in [0.25, 0.3) is 5.69 Å². The number of carbonyl (C=O) groups excluding carboxylic acids is 2. The number of esters is 1. The Labute approximate surface area is 195 Å². The molecule has 0 radical (unpaired) electrons. The normalized spacial score (nSPS) is 18.8. The minimum atomic E-state index is -0.789. The average Bonchev–Trinajstić information content (AvgIpc) is 2.85. The number of anilines is 1. The summed E-state index contributed by atoms with van der Waals surface area (Å²) in [6.45, 7) is 4.99. The van der Waals surface area contributed by atoms with Crippen LogP contribution in [0.15, 0.2) is 54.0 Å². The second-order valence-electron chi connectivity index (χ2n) is 7.80. The Morgan fingerprint density at radius 2 is 1.85 bits per heavy atom. The van der Waals surface area contributed by atoms with Crippen LogP contribution in [0.1, 0.15) is 18.5 Å². The van der Waals surface area contributed by atoms with E-state index in [2.05, 4.69) is 30.4 Å². The molecule has 1 fully saturated rings. The Morgan fingerprint density at radius 1 is 1.18 bits per heavy atom. The minimum Gasteiger partial charge on any atom is -0.463 e. The van der Waals surface area contributed by atoms with Crippen molar-refractivity contribution in [3.63, 3.8) is 0 Å². The topological polar surface area (TPSA) is 143 Å². The van der Waals surface area contributed by atoms with Gasteiger partial charge in [-0.05, 0) is 30.7 Å². The molecule has 1 aromatic heterocycles. The number of nitro groups is 1. The van der Waals surface area contributed by atoms with Crippen molar-refractivity contribution in [1.29, 1.82) is 0 Å². The average molecular weight is 467 g/mol. The van der Waals surface area contributed by atoms with E-state index < -0.39 is 23.0 Å². The fraction of sp³-hybridized carbons (Fsp3) is 0.364. The van der Waals surface area contributed by atoms with Crippen molar-refractivity contribution < 1.29 is 19.2 Å². The number of urea groups is 1. The first-order chi connectivity index (χ1) is 16.5. The molecule has 3 heterocycles. The molecule has 0 spiro atoms. The first kappa shape index (κ1) is 23.1. The molecule has 1 atom stereocenters. The molecule has 2 N–H and O–H groups in total. The lowest BCUT2D eigenvalue weighted by atomic mass is 9.94. The number of amides is 2. The lowest BCUT2D eigenvalue weighted by Gasteiger charge is -2.37. The van der Waals surface area contributed by atoms with Crippen LogP contribution in [0, 0.1) is 10.1 Å². The summed E-state index contributed by atoms with van der Waals surface area (Å²) in [5, 5.41) is 16.5. The highest BCUT2D eigenvalue weighted by molar-refractivity contribution is 5.95. The van der Waals surface area contributed by atoms with Gasteiger partial charge in [0.15, 0.2) is 0 Å². The molecule has 0 unspecified atom stereocenters. The molecule has 4 rings (SSSR count).